The summed E-state index contributed by atoms with van der Waals surface area (Å²) in [5, 5.41) is 13.9. The van der Waals surface area contributed by atoms with Gasteiger partial charge < -0.3 is 15.2 Å². The monoisotopic (exact) mass is 275 g/mol. The van der Waals surface area contributed by atoms with Gasteiger partial charge in [0.2, 0.25) is 5.91 Å². The second kappa shape index (κ2) is 7.03. The number of carbonyl (C=O) groups is 2. The minimum Gasteiger partial charge on any atom is -0.550 e. The van der Waals surface area contributed by atoms with E-state index in [-0.39, 0.29) is 5.91 Å². The Labute approximate surface area is 118 Å². The van der Waals surface area contributed by atoms with Gasteiger partial charge in [-0.2, -0.15) is 0 Å². The largest absolute Gasteiger partial charge is 0.550 e. The number of pyridine rings is 1. The van der Waals surface area contributed by atoms with Crippen LogP contribution in [0.3, 0.4) is 0 Å². The van der Waals surface area contributed by atoms with Crippen LogP contribution in [0.25, 0.3) is 0 Å². The molecule has 108 valence electrons. The van der Waals surface area contributed by atoms with Crippen LogP contribution < -0.4 is 10.4 Å². The number of nitrogens with one attached hydrogen (secondary N) is 1. The van der Waals surface area contributed by atoms with Gasteiger partial charge in [-0.3, -0.25) is 9.78 Å². The molecule has 0 bridgehead atoms. The van der Waals surface area contributed by atoms with Gasteiger partial charge in [-0.05, 0) is 37.0 Å². The molecule has 2 unspecified atom stereocenters. The van der Waals surface area contributed by atoms with E-state index in [1.165, 1.54) is 0 Å². The van der Waals surface area contributed by atoms with Gasteiger partial charge in [0.15, 0.2) is 0 Å². The predicted molar refractivity (Wildman–Crippen MR) is 71.4 cm³/mol. The van der Waals surface area contributed by atoms with Crippen molar-refractivity contribution >= 4 is 11.9 Å². The number of rotatable bonds is 5. The first-order chi connectivity index (χ1) is 9.68. The number of carboxylic acid groups (broad SMARTS) is 1. The summed E-state index contributed by atoms with van der Waals surface area (Å²) in [6.45, 7) is 0.513. The van der Waals surface area contributed by atoms with Crippen LogP contribution in [0, 0.1) is 11.8 Å². The van der Waals surface area contributed by atoms with Crippen molar-refractivity contribution in [3.05, 3.63) is 30.1 Å². The van der Waals surface area contributed by atoms with Crippen LogP contribution in [0.5, 0.6) is 0 Å². The summed E-state index contributed by atoms with van der Waals surface area (Å²) in [4.78, 5) is 27.1. The maximum Gasteiger partial charge on any atom is 0.223 e. The molecule has 2 atom stereocenters. The van der Waals surface area contributed by atoms with E-state index in [1.54, 1.807) is 12.4 Å². The maximum atomic E-state index is 12.1. The normalized spacial score (nSPS) is 22.2. The average Bonchev–Trinajstić information content (AvgIpc) is 2.48. The second-order valence-corrected chi connectivity index (χ2v) is 5.21. The molecule has 1 aromatic heterocycles. The lowest BCUT2D eigenvalue weighted by Gasteiger charge is -2.31. The van der Waals surface area contributed by atoms with Crippen LogP contribution in [0.1, 0.15) is 31.2 Å². The van der Waals surface area contributed by atoms with Gasteiger partial charge in [0.1, 0.15) is 0 Å². The smallest absolute Gasteiger partial charge is 0.223 e. The SMILES string of the molecule is O=C([O-])C1CCCCC1C(=O)NCCc1ccncc1. The molecule has 0 radical (unpaired) electrons. The van der Waals surface area contributed by atoms with Gasteiger partial charge in [0.05, 0.1) is 0 Å². The summed E-state index contributed by atoms with van der Waals surface area (Å²) in [5.74, 6) is -2.33. The molecule has 1 aromatic rings. The molecule has 1 fully saturated rings. The van der Waals surface area contributed by atoms with Crippen LogP contribution in [-0.4, -0.2) is 23.4 Å². The first-order valence-electron chi connectivity index (χ1n) is 7.06. The molecule has 5 heteroatoms. The van der Waals surface area contributed by atoms with Gasteiger partial charge in [0, 0.05) is 36.7 Å². The van der Waals surface area contributed by atoms with E-state index < -0.39 is 17.8 Å². The zero-order valence-corrected chi connectivity index (χ0v) is 11.4. The third-order valence-electron chi connectivity index (χ3n) is 3.87. The van der Waals surface area contributed by atoms with Crippen molar-refractivity contribution < 1.29 is 14.7 Å². The summed E-state index contributed by atoms with van der Waals surface area (Å²) in [5.41, 5.74) is 1.10. The maximum absolute atomic E-state index is 12.1. The summed E-state index contributed by atoms with van der Waals surface area (Å²) in [6, 6.07) is 3.80. The topological polar surface area (TPSA) is 82.1 Å². The van der Waals surface area contributed by atoms with Crippen LogP contribution in [0.15, 0.2) is 24.5 Å². The van der Waals surface area contributed by atoms with Gasteiger partial charge in [0.25, 0.3) is 0 Å². The van der Waals surface area contributed by atoms with Crippen molar-refractivity contribution in [3.8, 4) is 0 Å². The molecule has 1 aliphatic rings. The Morgan fingerprint density at radius 1 is 1.20 bits per heavy atom. The number of aliphatic carboxylic acids is 1. The van der Waals surface area contributed by atoms with E-state index in [2.05, 4.69) is 10.3 Å². The molecule has 2 rings (SSSR count). The molecule has 1 amide bonds. The molecular formula is C15H19N2O3-. The molecule has 1 heterocycles. The number of amides is 1. The molecule has 0 aromatic carbocycles. The molecule has 20 heavy (non-hydrogen) atoms. The highest BCUT2D eigenvalue weighted by Gasteiger charge is 2.31. The zero-order chi connectivity index (χ0) is 14.4. The third kappa shape index (κ3) is 3.79. The standard InChI is InChI=1S/C15H20N2O3/c18-14(12-3-1-2-4-13(12)15(19)20)17-10-7-11-5-8-16-9-6-11/h5-6,8-9,12-13H,1-4,7,10H2,(H,17,18)(H,19,20)/p-1. The van der Waals surface area contributed by atoms with Crippen molar-refractivity contribution in [3.63, 3.8) is 0 Å². The summed E-state index contributed by atoms with van der Waals surface area (Å²) in [7, 11) is 0. The molecule has 5 nitrogen and oxygen atoms in total. The average molecular weight is 275 g/mol. The fourth-order valence-electron chi connectivity index (χ4n) is 2.74. The van der Waals surface area contributed by atoms with Crippen molar-refractivity contribution in [1.29, 1.82) is 0 Å². The minimum atomic E-state index is -1.10. The second-order valence-electron chi connectivity index (χ2n) is 5.21. The van der Waals surface area contributed by atoms with Gasteiger partial charge in [-0.1, -0.05) is 12.8 Å². The van der Waals surface area contributed by atoms with E-state index in [0.29, 0.717) is 19.4 Å². The highest BCUT2D eigenvalue weighted by Crippen LogP contribution is 2.29. The molecule has 0 spiro atoms. The number of aromatic nitrogens is 1. The van der Waals surface area contributed by atoms with E-state index in [0.717, 1.165) is 24.8 Å². The molecule has 0 aliphatic heterocycles. The number of hydrogen-bond acceptors (Lipinski definition) is 4. The van der Waals surface area contributed by atoms with Crippen molar-refractivity contribution in [2.45, 2.75) is 32.1 Å². The Balaban J connectivity index is 1.83. The van der Waals surface area contributed by atoms with Crippen molar-refractivity contribution in [2.75, 3.05) is 6.54 Å². The van der Waals surface area contributed by atoms with E-state index in [1.807, 2.05) is 12.1 Å². The van der Waals surface area contributed by atoms with Gasteiger partial charge in [-0.25, -0.2) is 0 Å². The van der Waals surface area contributed by atoms with Gasteiger partial charge in [-0.15, -0.1) is 0 Å². The lowest BCUT2D eigenvalue weighted by molar-refractivity contribution is -0.314. The van der Waals surface area contributed by atoms with Crippen molar-refractivity contribution in [1.82, 2.24) is 10.3 Å². The van der Waals surface area contributed by atoms with Crippen molar-refractivity contribution in [2.24, 2.45) is 11.8 Å². The molecule has 1 N–H and O–H groups in total. The molecule has 0 saturated heterocycles. The van der Waals surface area contributed by atoms with Crippen LogP contribution in [-0.2, 0) is 16.0 Å². The Hall–Kier alpha value is -1.91. The molecule has 1 saturated carbocycles. The molecular weight excluding hydrogens is 256 g/mol. The zero-order valence-electron chi connectivity index (χ0n) is 11.4. The summed E-state index contributed by atoms with van der Waals surface area (Å²) >= 11 is 0. The first kappa shape index (κ1) is 14.5. The number of hydrogen-bond donors (Lipinski definition) is 1. The van der Waals surface area contributed by atoms with E-state index in [9.17, 15) is 14.7 Å². The Kier molecular flexibility index (Phi) is 5.09. The van der Waals surface area contributed by atoms with Crippen LogP contribution in [0.2, 0.25) is 0 Å². The number of carbonyl (C=O) groups excluding carboxylic acids is 2. The van der Waals surface area contributed by atoms with Crippen LogP contribution in [0.4, 0.5) is 0 Å². The minimum absolute atomic E-state index is 0.159. The first-order valence-corrected chi connectivity index (χ1v) is 7.06. The summed E-state index contributed by atoms with van der Waals surface area (Å²) < 4.78 is 0. The molecule has 1 aliphatic carbocycles. The predicted octanol–water partition coefficient (Wildman–Crippen LogP) is 0.297. The third-order valence-corrected chi connectivity index (χ3v) is 3.87. The fourth-order valence-corrected chi connectivity index (χ4v) is 2.74. The van der Waals surface area contributed by atoms with Crippen LogP contribution >= 0.6 is 0 Å². The van der Waals surface area contributed by atoms with E-state index >= 15 is 0 Å². The summed E-state index contributed by atoms with van der Waals surface area (Å²) in [6.07, 6.45) is 7.10. The Morgan fingerprint density at radius 2 is 1.85 bits per heavy atom. The van der Waals surface area contributed by atoms with Gasteiger partial charge >= 0.3 is 0 Å². The van der Waals surface area contributed by atoms with E-state index in [4.69, 9.17) is 0 Å². The highest BCUT2D eigenvalue weighted by molar-refractivity contribution is 5.84. The quantitative estimate of drug-likeness (QED) is 0.837. The lowest BCUT2D eigenvalue weighted by Crippen LogP contribution is -2.44. The number of carboxylic acids is 1. The number of nitrogens with zero attached hydrogens (tertiary/aromatic N) is 1. The highest BCUT2D eigenvalue weighted by atomic mass is 16.4. The lowest BCUT2D eigenvalue weighted by atomic mass is 9.78. The Bertz CT molecular complexity index is 461. The Morgan fingerprint density at radius 3 is 2.50 bits per heavy atom. The fraction of sp³-hybridized carbons (Fsp3) is 0.533.